The summed E-state index contributed by atoms with van der Waals surface area (Å²) in [6.07, 6.45) is 2.71. The summed E-state index contributed by atoms with van der Waals surface area (Å²) in [7, 11) is 1.65. The number of amides is 1. The van der Waals surface area contributed by atoms with Gasteiger partial charge in [-0.2, -0.15) is 0 Å². The Labute approximate surface area is 123 Å². The van der Waals surface area contributed by atoms with Gasteiger partial charge in [0.2, 0.25) is 5.91 Å². The molecule has 0 aliphatic heterocycles. The maximum atomic E-state index is 12.1. The summed E-state index contributed by atoms with van der Waals surface area (Å²) in [5.74, 6) is -0.0153. The van der Waals surface area contributed by atoms with Crippen molar-refractivity contribution in [3.05, 3.63) is 35.5 Å². The van der Waals surface area contributed by atoms with Gasteiger partial charge in [0.05, 0.1) is 10.5 Å². The zero-order valence-electron chi connectivity index (χ0n) is 11.7. The highest BCUT2D eigenvalue weighted by atomic mass is 35.5. The first kappa shape index (κ1) is 14.9. The first-order chi connectivity index (χ1) is 9.65. The van der Waals surface area contributed by atoms with Crippen LogP contribution < -0.4 is 5.32 Å². The molecule has 0 spiro atoms. The molecule has 0 radical (unpaired) electrons. The molecule has 108 valence electrons. The van der Waals surface area contributed by atoms with Gasteiger partial charge in [-0.1, -0.05) is 23.7 Å². The fraction of sp³-hybridized carbons (Fsp3) is 0.400. The Balaban J connectivity index is 2.11. The minimum Gasteiger partial charge on any atom is -0.385 e. The molecule has 1 atom stereocenters. The van der Waals surface area contributed by atoms with Crippen LogP contribution in [0.25, 0.3) is 10.9 Å². The van der Waals surface area contributed by atoms with Gasteiger partial charge in [-0.25, -0.2) is 0 Å². The lowest BCUT2D eigenvalue weighted by Gasteiger charge is -2.16. The largest absolute Gasteiger partial charge is 0.385 e. The molecule has 0 fully saturated rings. The molecule has 0 aliphatic carbocycles. The fourth-order valence-corrected chi connectivity index (χ4v) is 2.48. The van der Waals surface area contributed by atoms with Gasteiger partial charge in [-0.05, 0) is 25.5 Å². The summed E-state index contributed by atoms with van der Waals surface area (Å²) in [4.78, 5) is 12.1. The summed E-state index contributed by atoms with van der Waals surface area (Å²) >= 11 is 6.23. The molecule has 5 heteroatoms. The zero-order chi connectivity index (χ0) is 14.5. The Bertz CT molecular complexity index is 595. The van der Waals surface area contributed by atoms with Gasteiger partial charge < -0.3 is 14.6 Å². The smallest absolute Gasteiger partial charge is 0.242 e. The molecule has 20 heavy (non-hydrogen) atoms. The molecular formula is C15H19ClN2O2. The van der Waals surface area contributed by atoms with Gasteiger partial charge in [0, 0.05) is 31.8 Å². The number of halogens is 1. The number of aromatic nitrogens is 1. The number of rotatable bonds is 6. The van der Waals surface area contributed by atoms with E-state index in [1.54, 1.807) is 7.11 Å². The molecule has 1 aromatic heterocycles. The van der Waals surface area contributed by atoms with Crippen LogP contribution in [0.1, 0.15) is 19.4 Å². The Morgan fingerprint density at radius 2 is 2.25 bits per heavy atom. The number of nitrogens with zero attached hydrogens (tertiary/aromatic N) is 1. The van der Waals surface area contributed by atoms with Gasteiger partial charge in [-0.15, -0.1) is 0 Å². The van der Waals surface area contributed by atoms with Crippen LogP contribution in [0.15, 0.2) is 30.5 Å². The highest BCUT2D eigenvalue weighted by molar-refractivity contribution is 6.35. The number of hydrogen-bond donors (Lipinski definition) is 1. The van der Waals surface area contributed by atoms with Crippen molar-refractivity contribution in [2.75, 3.05) is 20.3 Å². The van der Waals surface area contributed by atoms with E-state index in [9.17, 15) is 4.79 Å². The van der Waals surface area contributed by atoms with Crippen LogP contribution in [-0.2, 0) is 9.53 Å². The van der Waals surface area contributed by atoms with Crippen LogP contribution in [-0.4, -0.2) is 30.7 Å². The van der Waals surface area contributed by atoms with Gasteiger partial charge in [-0.3, -0.25) is 4.79 Å². The van der Waals surface area contributed by atoms with Crippen molar-refractivity contribution in [2.24, 2.45) is 0 Å². The minimum absolute atomic E-state index is 0.0153. The molecule has 2 aromatic rings. The number of hydrogen-bond acceptors (Lipinski definition) is 2. The van der Waals surface area contributed by atoms with E-state index >= 15 is 0 Å². The van der Waals surface area contributed by atoms with Crippen LogP contribution in [0.2, 0.25) is 5.02 Å². The maximum absolute atomic E-state index is 12.1. The van der Waals surface area contributed by atoms with Crippen molar-refractivity contribution in [2.45, 2.75) is 19.4 Å². The van der Waals surface area contributed by atoms with Crippen molar-refractivity contribution < 1.29 is 9.53 Å². The average molecular weight is 295 g/mol. The van der Waals surface area contributed by atoms with E-state index in [2.05, 4.69) is 5.32 Å². The number of carbonyl (C=O) groups is 1. The van der Waals surface area contributed by atoms with Crippen LogP contribution in [0, 0.1) is 0 Å². The number of ether oxygens (including phenoxy) is 1. The third kappa shape index (κ3) is 3.14. The lowest BCUT2D eigenvalue weighted by molar-refractivity contribution is -0.123. The maximum Gasteiger partial charge on any atom is 0.242 e. The van der Waals surface area contributed by atoms with Crippen molar-refractivity contribution in [1.82, 2.24) is 9.88 Å². The zero-order valence-corrected chi connectivity index (χ0v) is 12.5. The predicted molar refractivity (Wildman–Crippen MR) is 81.2 cm³/mol. The minimum atomic E-state index is -0.296. The fourth-order valence-electron chi connectivity index (χ4n) is 2.20. The summed E-state index contributed by atoms with van der Waals surface area (Å²) in [6, 6.07) is 7.40. The van der Waals surface area contributed by atoms with Crippen molar-refractivity contribution in [1.29, 1.82) is 0 Å². The van der Waals surface area contributed by atoms with E-state index in [4.69, 9.17) is 16.3 Å². The highest BCUT2D eigenvalue weighted by Gasteiger charge is 2.17. The summed E-state index contributed by atoms with van der Waals surface area (Å²) < 4.78 is 6.86. The number of methoxy groups -OCH3 is 1. The summed E-state index contributed by atoms with van der Waals surface area (Å²) in [5.41, 5.74) is 0.897. The number of fused-ring (bicyclic) bond motifs is 1. The lowest BCUT2D eigenvalue weighted by atomic mass is 10.2. The van der Waals surface area contributed by atoms with Crippen molar-refractivity contribution >= 4 is 28.4 Å². The molecule has 2 rings (SSSR count). The number of benzene rings is 1. The van der Waals surface area contributed by atoms with Crippen LogP contribution in [0.4, 0.5) is 0 Å². The molecule has 1 unspecified atom stereocenters. The number of nitrogens with one attached hydrogen (secondary N) is 1. The molecule has 1 heterocycles. The number of para-hydroxylation sites is 1. The Morgan fingerprint density at radius 1 is 1.45 bits per heavy atom. The van der Waals surface area contributed by atoms with Crippen LogP contribution >= 0.6 is 11.6 Å². The second-order valence-electron chi connectivity index (χ2n) is 4.71. The Kier molecular flexibility index (Phi) is 5.04. The van der Waals surface area contributed by atoms with Crippen LogP contribution in [0.3, 0.4) is 0 Å². The van der Waals surface area contributed by atoms with E-state index in [1.165, 1.54) is 0 Å². The molecular weight excluding hydrogens is 276 g/mol. The first-order valence-electron chi connectivity index (χ1n) is 6.67. The summed E-state index contributed by atoms with van der Waals surface area (Å²) in [5, 5.41) is 4.60. The molecule has 0 saturated carbocycles. The third-order valence-electron chi connectivity index (χ3n) is 3.31. The third-order valence-corrected chi connectivity index (χ3v) is 3.62. The second-order valence-corrected chi connectivity index (χ2v) is 5.12. The molecule has 0 saturated heterocycles. The first-order valence-corrected chi connectivity index (χ1v) is 7.04. The van der Waals surface area contributed by atoms with E-state index in [-0.39, 0.29) is 11.9 Å². The summed E-state index contributed by atoms with van der Waals surface area (Å²) in [6.45, 7) is 3.13. The lowest BCUT2D eigenvalue weighted by Crippen LogP contribution is -2.31. The van der Waals surface area contributed by atoms with Crippen LogP contribution in [0.5, 0.6) is 0 Å². The van der Waals surface area contributed by atoms with Gasteiger partial charge in [0.25, 0.3) is 0 Å². The molecule has 4 nitrogen and oxygen atoms in total. The Morgan fingerprint density at radius 3 is 3.00 bits per heavy atom. The standard InChI is InChI=1S/C15H19ClN2O2/c1-11(15(19)17-8-4-10-20-2)18-9-7-12-5-3-6-13(16)14(12)18/h3,5-7,9,11H,4,8,10H2,1-2H3,(H,17,19). The van der Waals surface area contributed by atoms with E-state index in [0.717, 1.165) is 17.3 Å². The topological polar surface area (TPSA) is 43.3 Å². The van der Waals surface area contributed by atoms with Gasteiger partial charge in [0.1, 0.15) is 6.04 Å². The van der Waals surface area contributed by atoms with E-state index in [0.29, 0.717) is 18.2 Å². The number of carbonyl (C=O) groups excluding carboxylic acids is 1. The predicted octanol–water partition coefficient (Wildman–Crippen LogP) is 3.01. The van der Waals surface area contributed by atoms with E-state index in [1.807, 2.05) is 42.0 Å². The second kappa shape index (κ2) is 6.77. The Hall–Kier alpha value is -1.52. The van der Waals surface area contributed by atoms with E-state index < -0.39 is 0 Å². The SMILES string of the molecule is COCCCNC(=O)C(C)n1ccc2cccc(Cl)c21. The van der Waals surface area contributed by atoms with Crippen molar-refractivity contribution in [3.63, 3.8) is 0 Å². The molecule has 1 N–H and O–H groups in total. The quantitative estimate of drug-likeness (QED) is 0.832. The molecule has 0 bridgehead atoms. The average Bonchev–Trinajstić information content (AvgIpc) is 2.88. The molecule has 1 aromatic carbocycles. The monoisotopic (exact) mass is 294 g/mol. The van der Waals surface area contributed by atoms with Gasteiger partial charge >= 0.3 is 0 Å². The highest BCUT2D eigenvalue weighted by Crippen LogP contribution is 2.27. The van der Waals surface area contributed by atoms with Crippen molar-refractivity contribution in [3.8, 4) is 0 Å². The normalized spacial score (nSPS) is 12.6. The van der Waals surface area contributed by atoms with Gasteiger partial charge in [0.15, 0.2) is 0 Å². The molecule has 1 amide bonds. The molecule has 0 aliphatic rings.